The van der Waals surface area contributed by atoms with E-state index in [2.05, 4.69) is 33.9 Å². The molecule has 0 amide bonds. The molecule has 27 heavy (non-hydrogen) atoms. The van der Waals surface area contributed by atoms with E-state index in [1.54, 1.807) is 13.2 Å². The molecule has 1 aromatic carbocycles. The minimum Gasteiger partial charge on any atom is -0.411 e. The van der Waals surface area contributed by atoms with Gasteiger partial charge in [-0.3, -0.25) is 4.79 Å². The van der Waals surface area contributed by atoms with E-state index in [0.29, 0.717) is 6.61 Å². The predicted molar refractivity (Wildman–Crippen MR) is 108 cm³/mol. The third-order valence-corrected chi connectivity index (χ3v) is 9.81. The van der Waals surface area contributed by atoms with Crippen LogP contribution in [0.2, 0.25) is 18.1 Å². The van der Waals surface area contributed by atoms with Gasteiger partial charge in [-0.25, -0.2) is 0 Å². The highest BCUT2D eigenvalue weighted by molar-refractivity contribution is 6.74. The van der Waals surface area contributed by atoms with Gasteiger partial charge in [0.2, 0.25) is 5.79 Å². The molecule has 0 N–H and O–H groups in total. The van der Waals surface area contributed by atoms with Gasteiger partial charge >= 0.3 is 0 Å². The summed E-state index contributed by atoms with van der Waals surface area (Å²) < 4.78 is 23.6. The molecular formula is C21H32O5Si. The summed E-state index contributed by atoms with van der Waals surface area (Å²) in [5.74, 6) is -1.19. The standard InChI is InChI=1S/C21H32O5Si/c1-20(2,3)27(5,6)25-16-21(23-4)13-12-18(22)19(26-21)15-24-14-17-10-8-7-9-11-17/h7-13,19H,14-16H2,1-6H3/t19-,21-/m0/s1. The molecule has 0 radical (unpaired) electrons. The van der Waals surface area contributed by atoms with Gasteiger partial charge in [-0.1, -0.05) is 51.1 Å². The molecule has 0 aromatic heterocycles. The number of hydrogen-bond acceptors (Lipinski definition) is 5. The largest absolute Gasteiger partial charge is 0.411 e. The van der Waals surface area contributed by atoms with Crippen LogP contribution in [-0.4, -0.2) is 46.3 Å². The Kier molecular flexibility index (Phi) is 7.16. The van der Waals surface area contributed by atoms with Gasteiger partial charge in [-0.2, -0.15) is 0 Å². The van der Waals surface area contributed by atoms with Crippen LogP contribution in [0.4, 0.5) is 0 Å². The van der Waals surface area contributed by atoms with E-state index in [4.69, 9.17) is 18.6 Å². The molecule has 0 spiro atoms. The molecule has 0 saturated heterocycles. The summed E-state index contributed by atoms with van der Waals surface area (Å²) in [6, 6.07) is 9.83. The first-order chi connectivity index (χ1) is 12.6. The third-order valence-electron chi connectivity index (χ3n) is 5.33. The van der Waals surface area contributed by atoms with Crippen molar-refractivity contribution in [1.29, 1.82) is 0 Å². The molecule has 0 fully saturated rings. The molecule has 1 aromatic rings. The lowest BCUT2D eigenvalue weighted by Crippen LogP contribution is -2.51. The molecule has 1 aliphatic rings. The summed E-state index contributed by atoms with van der Waals surface area (Å²) in [5.41, 5.74) is 1.05. The molecule has 0 unspecified atom stereocenters. The van der Waals surface area contributed by atoms with Crippen molar-refractivity contribution in [3.63, 3.8) is 0 Å². The summed E-state index contributed by atoms with van der Waals surface area (Å²) in [4.78, 5) is 12.2. The number of methoxy groups -OCH3 is 1. The SMILES string of the molecule is CO[C@@]1(CO[Si](C)(C)C(C)(C)C)C=CC(=O)[C@H](COCc2ccccc2)O1. The average Bonchev–Trinajstić information content (AvgIpc) is 2.62. The lowest BCUT2D eigenvalue weighted by Gasteiger charge is -2.41. The van der Waals surface area contributed by atoms with Gasteiger partial charge in [0.1, 0.15) is 6.10 Å². The Morgan fingerprint density at radius 3 is 2.44 bits per heavy atom. The zero-order valence-corrected chi connectivity index (χ0v) is 18.3. The molecule has 1 aliphatic heterocycles. The van der Waals surface area contributed by atoms with Crippen LogP contribution in [0.25, 0.3) is 0 Å². The summed E-state index contributed by atoms with van der Waals surface area (Å²) >= 11 is 0. The number of ketones is 1. The zero-order valence-electron chi connectivity index (χ0n) is 17.3. The van der Waals surface area contributed by atoms with Crippen LogP contribution >= 0.6 is 0 Å². The molecule has 1 heterocycles. The van der Waals surface area contributed by atoms with Crippen LogP contribution in [-0.2, 0) is 30.0 Å². The van der Waals surface area contributed by atoms with Gasteiger partial charge in [0.25, 0.3) is 0 Å². The minimum absolute atomic E-state index is 0.0777. The first-order valence-electron chi connectivity index (χ1n) is 9.30. The number of rotatable bonds is 8. The van der Waals surface area contributed by atoms with Crippen LogP contribution in [0, 0.1) is 0 Å². The number of carbonyl (C=O) groups excluding carboxylic acids is 1. The van der Waals surface area contributed by atoms with Crippen molar-refractivity contribution in [3.05, 3.63) is 48.0 Å². The van der Waals surface area contributed by atoms with Crippen molar-refractivity contribution >= 4 is 14.1 Å². The van der Waals surface area contributed by atoms with Crippen molar-refractivity contribution in [2.24, 2.45) is 0 Å². The van der Waals surface area contributed by atoms with E-state index in [0.717, 1.165) is 5.56 Å². The zero-order chi connectivity index (χ0) is 20.1. The van der Waals surface area contributed by atoms with Gasteiger partial charge in [-0.15, -0.1) is 0 Å². The molecule has 2 atom stereocenters. The van der Waals surface area contributed by atoms with Gasteiger partial charge in [0.15, 0.2) is 14.1 Å². The Bertz CT molecular complexity index is 650. The maximum absolute atomic E-state index is 12.2. The van der Waals surface area contributed by atoms with E-state index < -0.39 is 20.2 Å². The molecule has 6 heteroatoms. The molecule has 0 saturated carbocycles. The second-order valence-corrected chi connectivity index (χ2v) is 13.2. The molecular weight excluding hydrogens is 360 g/mol. The van der Waals surface area contributed by atoms with Crippen molar-refractivity contribution < 1.29 is 23.4 Å². The number of hydrogen-bond donors (Lipinski definition) is 0. The molecule has 0 bridgehead atoms. The lowest BCUT2D eigenvalue weighted by molar-refractivity contribution is -0.237. The first kappa shape index (κ1) is 22.0. The van der Waals surface area contributed by atoms with Gasteiger partial charge < -0.3 is 18.6 Å². The summed E-state index contributed by atoms with van der Waals surface area (Å²) in [6.45, 7) is 11.7. The monoisotopic (exact) mass is 392 g/mol. The van der Waals surface area contributed by atoms with Crippen LogP contribution in [0.5, 0.6) is 0 Å². The van der Waals surface area contributed by atoms with Crippen molar-refractivity contribution in [2.75, 3.05) is 20.3 Å². The smallest absolute Gasteiger partial charge is 0.211 e. The maximum Gasteiger partial charge on any atom is 0.211 e. The fourth-order valence-corrected chi connectivity index (χ4v) is 3.38. The van der Waals surface area contributed by atoms with Crippen LogP contribution < -0.4 is 0 Å². The van der Waals surface area contributed by atoms with Gasteiger partial charge in [0.05, 0.1) is 19.8 Å². The van der Waals surface area contributed by atoms with Crippen LogP contribution in [0.3, 0.4) is 0 Å². The number of ether oxygens (including phenoxy) is 3. The molecule has 5 nitrogen and oxygen atoms in total. The average molecular weight is 393 g/mol. The fourth-order valence-electron chi connectivity index (χ4n) is 2.38. The quantitative estimate of drug-likeness (QED) is 0.624. The Morgan fingerprint density at radius 2 is 1.85 bits per heavy atom. The van der Waals surface area contributed by atoms with Crippen molar-refractivity contribution in [2.45, 2.75) is 57.4 Å². The number of benzene rings is 1. The second-order valence-electron chi connectivity index (χ2n) is 8.41. The summed E-state index contributed by atoms with van der Waals surface area (Å²) in [7, 11) is -0.404. The highest BCUT2D eigenvalue weighted by Gasteiger charge is 2.43. The Morgan fingerprint density at radius 1 is 1.19 bits per heavy atom. The van der Waals surface area contributed by atoms with Crippen LogP contribution in [0.15, 0.2) is 42.5 Å². The second kappa shape index (κ2) is 8.79. The molecule has 150 valence electrons. The van der Waals surface area contributed by atoms with Crippen molar-refractivity contribution in [1.82, 2.24) is 0 Å². The Balaban J connectivity index is 1.97. The summed E-state index contributed by atoms with van der Waals surface area (Å²) in [6.07, 6.45) is 2.45. The highest BCUT2D eigenvalue weighted by atomic mass is 28.4. The minimum atomic E-state index is -1.97. The molecule has 2 rings (SSSR count). The Labute approximate surface area is 163 Å². The van der Waals surface area contributed by atoms with E-state index in [1.165, 1.54) is 6.08 Å². The van der Waals surface area contributed by atoms with Crippen molar-refractivity contribution in [3.8, 4) is 0 Å². The lowest BCUT2D eigenvalue weighted by atomic mass is 10.1. The van der Waals surface area contributed by atoms with E-state index >= 15 is 0 Å². The van der Waals surface area contributed by atoms with E-state index in [-0.39, 0.29) is 24.0 Å². The third kappa shape index (κ3) is 5.83. The number of carbonyl (C=O) groups is 1. The van der Waals surface area contributed by atoms with E-state index in [1.807, 2.05) is 30.3 Å². The van der Waals surface area contributed by atoms with Gasteiger partial charge in [0, 0.05) is 7.11 Å². The topological polar surface area (TPSA) is 54.0 Å². The maximum atomic E-state index is 12.2. The van der Waals surface area contributed by atoms with E-state index in [9.17, 15) is 4.79 Å². The Hall–Kier alpha value is -1.31. The highest BCUT2D eigenvalue weighted by Crippen LogP contribution is 2.37. The molecule has 0 aliphatic carbocycles. The van der Waals surface area contributed by atoms with Crippen LogP contribution in [0.1, 0.15) is 26.3 Å². The summed E-state index contributed by atoms with van der Waals surface area (Å²) in [5, 5.41) is 0.0777. The normalized spacial score (nSPS) is 23.6. The predicted octanol–water partition coefficient (Wildman–Crippen LogP) is 4.09. The first-order valence-corrected chi connectivity index (χ1v) is 12.2. The van der Waals surface area contributed by atoms with Gasteiger partial charge in [-0.05, 0) is 35.8 Å². The fraction of sp³-hybridized carbons (Fsp3) is 0.571.